The van der Waals surface area contributed by atoms with Gasteiger partial charge in [-0.3, -0.25) is 9.59 Å². The first kappa shape index (κ1) is 22.0. The van der Waals surface area contributed by atoms with Crippen LogP contribution in [0.15, 0.2) is 54.2 Å². The Labute approximate surface area is 188 Å². The van der Waals surface area contributed by atoms with E-state index in [0.29, 0.717) is 22.5 Å². The van der Waals surface area contributed by atoms with E-state index in [0.717, 1.165) is 31.6 Å². The molecule has 1 saturated heterocycles. The van der Waals surface area contributed by atoms with Crippen molar-refractivity contribution in [1.29, 1.82) is 0 Å². The van der Waals surface area contributed by atoms with Crippen LogP contribution >= 0.6 is 0 Å². The van der Waals surface area contributed by atoms with Crippen LogP contribution in [-0.4, -0.2) is 68.9 Å². The molecular formula is C25H29FN4O2. The fourth-order valence-electron chi connectivity index (χ4n) is 4.42. The number of amides is 2. The van der Waals surface area contributed by atoms with Crippen molar-refractivity contribution < 1.29 is 14.0 Å². The minimum absolute atomic E-state index is 0.157. The highest BCUT2D eigenvalue weighted by atomic mass is 19.1. The second kappa shape index (κ2) is 8.74. The summed E-state index contributed by atoms with van der Waals surface area (Å²) >= 11 is 0. The van der Waals surface area contributed by atoms with Gasteiger partial charge in [0.2, 0.25) is 0 Å². The maximum Gasteiger partial charge on any atom is 0.282 e. The molecule has 2 aromatic rings. The number of likely N-dealkylation sites (tertiary alicyclic amines) is 1. The quantitative estimate of drug-likeness (QED) is 0.674. The predicted octanol–water partition coefficient (Wildman–Crippen LogP) is 3.20. The van der Waals surface area contributed by atoms with Gasteiger partial charge in [-0.2, -0.15) is 0 Å². The number of halogens is 1. The highest BCUT2D eigenvalue weighted by Crippen LogP contribution is 2.36. The lowest BCUT2D eigenvalue weighted by molar-refractivity contribution is -0.120. The molecule has 0 aliphatic carbocycles. The van der Waals surface area contributed by atoms with Crippen molar-refractivity contribution in [3.05, 3.63) is 65.6 Å². The van der Waals surface area contributed by atoms with Gasteiger partial charge in [-0.05, 0) is 74.9 Å². The zero-order valence-corrected chi connectivity index (χ0v) is 19.0. The third kappa shape index (κ3) is 4.00. The predicted molar refractivity (Wildman–Crippen MR) is 125 cm³/mol. The Morgan fingerprint density at radius 1 is 0.875 bits per heavy atom. The van der Waals surface area contributed by atoms with E-state index < -0.39 is 0 Å². The van der Waals surface area contributed by atoms with Crippen molar-refractivity contribution in [2.45, 2.75) is 18.9 Å². The standard InChI is InChI=1S/C25H29FN4O2/c1-27(2)19-9-11-21(12-10-19)30-24(31)22(17-5-7-18(26)8-6-17)23(25(30)32)29(4)20-13-15-28(3)16-14-20/h5-12,20H,13-16H2,1-4H3. The van der Waals surface area contributed by atoms with Gasteiger partial charge in [0.05, 0.1) is 11.3 Å². The van der Waals surface area contributed by atoms with Crippen molar-refractivity contribution >= 4 is 28.8 Å². The molecule has 2 heterocycles. The van der Waals surface area contributed by atoms with Gasteiger partial charge in [-0.15, -0.1) is 0 Å². The smallest absolute Gasteiger partial charge is 0.282 e. The number of rotatable bonds is 5. The van der Waals surface area contributed by atoms with Gasteiger partial charge in [-0.1, -0.05) is 12.1 Å². The molecule has 1 fully saturated rings. The van der Waals surface area contributed by atoms with E-state index in [2.05, 4.69) is 11.9 Å². The average Bonchev–Trinajstić information content (AvgIpc) is 3.04. The Kier molecular flexibility index (Phi) is 6.02. The summed E-state index contributed by atoms with van der Waals surface area (Å²) in [5.74, 6) is -1.10. The first-order chi connectivity index (χ1) is 15.3. The van der Waals surface area contributed by atoms with Gasteiger partial charge in [0.1, 0.15) is 11.5 Å². The fraction of sp³-hybridized carbons (Fsp3) is 0.360. The van der Waals surface area contributed by atoms with E-state index in [1.165, 1.54) is 17.0 Å². The molecule has 6 nitrogen and oxygen atoms in total. The van der Waals surface area contributed by atoms with Crippen LogP contribution in [0.1, 0.15) is 18.4 Å². The Balaban J connectivity index is 1.75. The van der Waals surface area contributed by atoms with Crippen molar-refractivity contribution in [3.63, 3.8) is 0 Å². The normalized spacial score (nSPS) is 18.0. The monoisotopic (exact) mass is 436 g/mol. The van der Waals surface area contributed by atoms with E-state index in [9.17, 15) is 14.0 Å². The second-order valence-electron chi connectivity index (χ2n) is 8.73. The topological polar surface area (TPSA) is 47.1 Å². The molecule has 168 valence electrons. The molecule has 2 aliphatic heterocycles. The van der Waals surface area contributed by atoms with Crippen LogP contribution in [0.4, 0.5) is 15.8 Å². The van der Waals surface area contributed by atoms with E-state index in [1.807, 2.05) is 43.1 Å². The summed E-state index contributed by atoms with van der Waals surface area (Å²) in [7, 11) is 7.84. The van der Waals surface area contributed by atoms with Gasteiger partial charge in [0, 0.05) is 32.9 Å². The van der Waals surface area contributed by atoms with Crippen molar-refractivity contribution in [1.82, 2.24) is 9.80 Å². The van der Waals surface area contributed by atoms with Gasteiger partial charge >= 0.3 is 0 Å². The minimum Gasteiger partial charge on any atom is -0.378 e. The molecule has 0 N–H and O–H groups in total. The SMILES string of the molecule is CN1CCC(N(C)C2=C(c3ccc(F)cc3)C(=O)N(c3ccc(N(C)C)cc3)C2=O)CC1. The molecule has 0 radical (unpaired) electrons. The van der Waals surface area contributed by atoms with Crippen molar-refractivity contribution in [2.75, 3.05) is 51.1 Å². The molecule has 2 amide bonds. The lowest BCUT2D eigenvalue weighted by Crippen LogP contribution is -2.43. The molecule has 0 saturated carbocycles. The number of carbonyl (C=O) groups is 2. The number of nitrogens with zero attached hydrogens (tertiary/aromatic N) is 4. The highest BCUT2D eigenvalue weighted by molar-refractivity contribution is 6.45. The first-order valence-electron chi connectivity index (χ1n) is 10.9. The lowest BCUT2D eigenvalue weighted by atomic mass is 10.00. The summed E-state index contributed by atoms with van der Waals surface area (Å²) in [6.07, 6.45) is 1.82. The zero-order valence-electron chi connectivity index (χ0n) is 19.0. The molecule has 0 aromatic heterocycles. The molecule has 2 aliphatic rings. The molecular weight excluding hydrogens is 407 g/mol. The Morgan fingerprint density at radius 3 is 2.03 bits per heavy atom. The summed E-state index contributed by atoms with van der Waals surface area (Å²) in [5, 5.41) is 0. The van der Waals surface area contributed by atoms with Gasteiger partial charge in [-0.25, -0.2) is 9.29 Å². The molecule has 0 unspecified atom stereocenters. The second-order valence-corrected chi connectivity index (χ2v) is 8.73. The molecule has 4 rings (SSSR count). The van der Waals surface area contributed by atoms with Crippen LogP contribution < -0.4 is 9.80 Å². The molecule has 0 spiro atoms. The minimum atomic E-state index is -0.382. The summed E-state index contributed by atoms with van der Waals surface area (Å²) in [6.45, 7) is 1.87. The van der Waals surface area contributed by atoms with Crippen LogP contribution in [0.25, 0.3) is 5.57 Å². The average molecular weight is 437 g/mol. The Morgan fingerprint density at radius 2 is 1.47 bits per heavy atom. The summed E-state index contributed by atoms with van der Waals surface area (Å²) in [6, 6.07) is 13.3. The third-order valence-corrected chi connectivity index (χ3v) is 6.41. The van der Waals surface area contributed by atoms with E-state index in [-0.39, 0.29) is 23.7 Å². The van der Waals surface area contributed by atoms with Crippen LogP contribution in [-0.2, 0) is 9.59 Å². The van der Waals surface area contributed by atoms with Gasteiger partial charge in [0.25, 0.3) is 11.8 Å². The van der Waals surface area contributed by atoms with Crippen molar-refractivity contribution in [2.24, 2.45) is 0 Å². The number of piperidine rings is 1. The number of imide groups is 1. The van der Waals surface area contributed by atoms with Gasteiger partial charge < -0.3 is 14.7 Å². The summed E-state index contributed by atoms with van der Waals surface area (Å²) < 4.78 is 13.6. The number of benzene rings is 2. The van der Waals surface area contributed by atoms with Crippen LogP contribution in [0, 0.1) is 5.82 Å². The van der Waals surface area contributed by atoms with E-state index >= 15 is 0 Å². The van der Waals surface area contributed by atoms with E-state index in [4.69, 9.17) is 0 Å². The maximum absolute atomic E-state index is 13.6. The molecule has 2 aromatic carbocycles. The third-order valence-electron chi connectivity index (χ3n) is 6.41. The zero-order chi connectivity index (χ0) is 23.0. The molecule has 32 heavy (non-hydrogen) atoms. The van der Waals surface area contributed by atoms with Crippen molar-refractivity contribution in [3.8, 4) is 0 Å². The van der Waals surface area contributed by atoms with Crippen LogP contribution in [0.2, 0.25) is 0 Å². The summed E-state index contributed by atoms with van der Waals surface area (Å²) in [4.78, 5) is 34.6. The number of anilines is 2. The molecule has 7 heteroatoms. The summed E-state index contributed by atoms with van der Waals surface area (Å²) in [5.41, 5.74) is 2.76. The molecule has 0 atom stereocenters. The van der Waals surface area contributed by atoms with Crippen LogP contribution in [0.5, 0.6) is 0 Å². The molecule has 0 bridgehead atoms. The number of hydrogen-bond donors (Lipinski definition) is 0. The van der Waals surface area contributed by atoms with E-state index in [1.54, 1.807) is 24.3 Å². The highest BCUT2D eigenvalue weighted by Gasteiger charge is 2.43. The fourth-order valence-corrected chi connectivity index (χ4v) is 4.42. The van der Waals surface area contributed by atoms with Gasteiger partial charge in [0.15, 0.2) is 0 Å². The number of carbonyl (C=O) groups excluding carboxylic acids is 2. The lowest BCUT2D eigenvalue weighted by Gasteiger charge is -2.36. The first-order valence-corrected chi connectivity index (χ1v) is 10.9. The Bertz CT molecular complexity index is 1040. The largest absolute Gasteiger partial charge is 0.378 e. The number of hydrogen-bond acceptors (Lipinski definition) is 5. The number of likely N-dealkylation sites (N-methyl/N-ethyl adjacent to an activating group) is 1. The van der Waals surface area contributed by atoms with Crippen LogP contribution in [0.3, 0.4) is 0 Å². The Hall–Kier alpha value is -3.19. The maximum atomic E-state index is 13.6.